The Morgan fingerprint density at radius 2 is 2.07 bits per heavy atom. The van der Waals surface area contributed by atoms with E-state index >= 15 is 0 Å². The quantitative estimate of drug-likeness (QED) is 0.490. The third kappa shape index (κ3) is 1.91. The maximum atomic E-state index is 11.2. The van der Waals surface area contributed by atoms with Gasteiger partial charge in [0.15, 0.2) is 0 Å². The minimum atomic E-state index is -0.189. The van der Waals surface area contributed by atoms with Gasteiger partial charge in [0.05, 0.1) is 17.8 Å². The molecule has 0 radical (unpaired) electrons. The first-order chi connectivity index (χ1) is 6.66. The second-order valence-electron chi connectivity index (χ2n) is 2.78. The molecule has 0 spiro atoms. The first-order valence-corrected chi connectivity index (χ1v) is 4.54. The van der Waals surface area contributed by atoms with Gasteiger partial charge in [0.2, 0.25) is 5.95 Å². The van der Waals surface area contributed by atoms with Gasteiger partial charge in [-0.25, -0.2) is 9.99 Å². The van der Waals surface area contributed by atoms with Gasteiger partial charge in [0, 0.05) is 6.54 Å². The average molecular weight is 197 g/mol. The van der Waals surface area contributed by atoms with Crippen molar-refractivity contribution >= 4 is 5.95 Å². The van der Waals surface area contributed by atoms with Crippen LogP contribution in [0.25, 0.3) is 0 Å². The molecule has 0 aliphatic carbocycles. The molecule has 5 N–H and O–H groups in total. The van der Waals surface area contributed by atoms with Crippen LogP contribution in [-0.2, 0) is 13.1 Å². The number of rotatable bonds is 0. The smallest absolute Gasteiger partial charge is 0.257 e. The molecule has 1 aliphatic rings. The monoisotopic (exact) mass is 197 g/mol. The van der Waals surface area contributed by atoms with Crippen LogP contribution in [0.15, 0.2) is 4.79 Å². The van der Waals surface area contributed by atoms with Gasteiger partial charge < -0.3 is 5.73 Å². The number of fused-ring (bicyclic) bond motifs is 1. The van der Waals surface area contributed by atoms with E-state index in [0.717, 1.165) is 0 Å². The molecule has 0 saturated heterocycles. The summed E-state index contributed by atoms with van der Waals surface area (Å²) in [4.78, 5) is 17.6. The Bertz CT molecular complexity index is 372. The summed E-state index contributed by atoms with van der Waals surface area (Å²) in [6.45, 7) is 4.93. The van der Waals surface area contributed by atoms with Crippen LogP contribution in [-0.4, -0.2) is 15.0 Å². The maximum absolute atomic E-state index is 11.2. The molecule has 0 fully saturated rings. The lowest BCUT2D eigenvalue weighted by atomic mass is 10.3. The number of hydrogen-bond donors (Lipinski definition) is 3. The van der Waals surface area contributed by atoms with Crippen molar-refractivity contribution in [3.05, 3.63) is 21.6 Å². The van der Waals surface area contributed by atoms with Crippen molar-refractivity contribution in [1.82, 2.24) is 15.0 Å². The lowest BCUT2D eigenvalue weighted by molar-refractivity contribution is 0.293. The number of nitrogens with two attached hydrogens (primary N) is 2. The van der Waals surface area contributed by atoms with Gasteiger partial charge in [0.25, 0.3) is 5.56 Å². The van der Waals surface area contributed by atoms with Gasteiger partial charge >= 0.3 is 0 Å². The number of aromatic nitrogens is 2. The molecule has 6 heteroatoms. The highest BCUT2D eigenvalue weighted by Gasteiger charge is 2.20. The maximum Gasteiger partial charge on any atom is 0.257 e. The molecule has 14 heavy (non-hydrogen) atoms. The Hall–Kier alpha value is -1.40. The SMILES string of the molecule is CC.Nc1nc2c(c(=O)[nH]1)CN(N)C2. The number of nitrogen functional groups attached to an aromatic ring is 1. The molecule has 0 saturated carbocycles. The van der Waals surface area contributed by atoms with E-state index < -0.39 is 0 Å². The Kier molecular flexibility index (Phi) is 3.21. The van der Waals surface area contributed by atoms with Crippen molar-refractivity contribution in [1.29, 1.82) is 0 Å². The highest BCUT2D eigenvalue weighted by atomic mass is 16.1. The number of H-pyrrole nitrogens is 1. The number of hydrazine groups is 1. The lowest BCUT2D eigenvalue weighted by Crippen LogP contribution is -2.24. The van der Waals surface area contributed by atoms with Crippen LogP contribution < -0.4 is 17.1 Å². The van der Waals surface area contributed by atoms with Crippen LogP contribution in [0.4, 0.5) is 5.95 Å². The third-order valence-electron chi connectivity index (χ3n) is 1.83. The molecule has 1 aromatic rings. The van der Waals surface area contributed by atoms with Gasteiger partial charge in [-0.05, 0) is 0 Å². The zero-order valence-electron chi connectivity index (χ0n) is 8.37. The van der Waals surface area contributed by atoms with Gasteiger partial charge in [-0.2, -0.15) is 0 Å². The summed E-state index contributed by atoms with van der Waals surface area (Å²) in [5.41, 5.74) is 6.46. The van der Waals surface area contributed by atoms with E-state index in [1.165, 1.54) is 5.01 Å². The summed E-state index contributed by atoms with van der Waals surface area (Å²) in [5.74, 6) is 5.65. The topological polar surface area (TPSA) is 101 Å². The Balaban J connectivity index is 0.000000461. The van der Waals surface area contributed by atoms with E-state index in [1.807, 2.05) is 13.8 Å². The van der Waals surface area contributed by atoms with Crippen LogP contribution >= 0.6 is 0 Å². The second-order valence-corrected chi connectivity index (χ2v) is 2.78. The number of anilines is 1. The summed E-state index contributed by atoms with van der Waals surface area (Å²) in [6.07, 6.45) is 0. The minimum absolute atomic E-state index is 0.147. The van der Waals surface area contributed by atoms with Gasteiger partial charge in [-0.15, -0.1) is 0 Å². The Morgan fingerprint density at radius 1 is 1.43 bits per heavy atom. The zero-order valence-corrected chi connectivity index (χ0v) is 8.37. The molecule has 0 bridgehead atoms. The van der Waals surface area contributed by atoms with Crippen molar-refractivity contribution in [3.8, 4) is 0 Å². The van der Waals surface area contributed by atoms with Crippen LogP contribution in [0.1, 0.15) is 25.1 Å². The number of nitrogens with zero attached hydrogens (tertiary/aromatic N) is 2. The molecule has 0 aromatic carbocycles. The van der Waals surface area contributed by atoms with E-state index in [9.17, 15) is 4.79 Å². The van der Waals surface area contributed by atoms with Gasteiger partial charge in [-0.3, -0.25) is 15.6 Å². The standard InChI is InChI=1S/C6H9N5O.C2H6/c7-6-9-4-2-11(8)1-3(4)5(12)10-6;1-2/h1-2,8H2,(H3,7,9,10,12);1-2H3. The van der Waals surface area contributed by atoms with Crippen molar-refractivity contribution in [3.63, 3.8) is 0 Å². The minimum Gasteiger partial charge on any atom is -0.369 e. The molecule has 1 aliphatic heterocycles. The summed E-state index contributed by atoms with van der Waals surface area (Å²) in [7, 11) is 0. The molecular formula is C8H15N5O. The van der Waals surface area contributed by atoms with Crippen LogP contribution in [0.3, 0.4) is 0 Å². The van der Waals surface area contributed by atoms with Crippen LogP contribution in [0, 0.1) is 0 Å². The van der Waals surface area contributed by atoms with Crippen LogP contribution in [0.2, 0.25) is 0 Å². The summed E-state index contributed by atoms with van der Waals surface area (Å²) >= 11 is 0. The summed E-state index contributed by atoms with van der Waals surface area (Å²) in [6, 6.07) is 0. The molecule has 0 atom stereocenters. The second kappa shape index (κ2) is 4.21. The highest BCUT2D eigenvalue weighted by Crippen LogP contribution is 2.13. The first-order valence-electron chi connectivity index (χ1n) is 4.54. The van der Waals surface area contributed by atoms with E-state index in [2.05, 4.69) is 9.97 Å². The lowest BCUT2D eigenvalue weighted by Gasteiger charge is -2.01. The van der Waals surface area contributed by atoms with Crippen molar-refractivity contribution < 1.29 is 0 Å². The van der Waals surface area contributed by atoms with Crippen molar-refractivity contribution in [2.24, 2.45) is 5.84 Å². The van der Waals surface area contributed by atoms with E-state index in [1.54, 1.807) is 0 Å². The molecule has 1 aromatic heterocycles. The Labute approximate surface area is 81.9 Å². The van der Waals surface area contributed by atoms with Crippen molar-refractivity contribution in [2.45, 2.75) is 26.9 Å². The molecule has 6 nitrogen and oxygen atoms in total. The molecular weight excluding hydrogens is 182 g/mol. The summed E-state index contributed by atoms with van der Waals surface area (Å²) < 4.78 is 0. The van der Waals surface area contributed by atoms with Gasteiger partial charge in [0.1, 0.15) is 0 Å². The fraction of sp³-hybridized carbons (Fsp3) is 0.500. The normalized spacial score (nSPS) is 14.5. The predicted octanol–water partition coefficient (Wildman–Crippen LogP) is -0.432. The predicted molar refractivity (Wildman–Crippen MR) is 54.1 cm³/mol. The zero-order chi connectivity index (χ0) is 10.7. The van der Waals surface area contributed by atoms with Gasteiger partial charge in [-0.1, -0.05) is 13.8 Å². The fourth-order valence-corrected chi connectivity index (χ4v) is 1.31. The first kappa shape index (κ1) is 10.7. The van der Waals surface area contributed by atoms with Crippen molar-refractivity contribution in [2.75, 3.05) is 5.73 Å². The number of nitrogens with one attached hydrogen (secondary N) is 1. The molecule has 0 unspecified atom stereocenters. The molecule has 2 heterocycles. The highest BCUT2D eigenvalue weighted by molar-refractivity contribution is 5.27. The summed E-state index contributed by atoms with van der Waals surface area (Å²) in [5, 5.41) is 1.52. The van der Waals surface area contributed by atoms with E-state index in [0.29, 0.717) is 24.3 Å². The Morgan fingerprint density at radius 3 is 2.71 bits per heavy atom. The van der Waals surface area contributed by atoms with E-state index in [4.69, 9.17) is 11.6 Å². The van der Waals surface area contributed by atoms with E-state index in [-0.39, 0.29) is 11.5 Å². The number of hydrogen-bond acceptors (Lipinski definition) is 5. The molecule has 2 rings (SSSR count). The largest absolute Gasteiger partial charge is 0.369 e. The van der Waals surface area contributed by atoms with Crippen LogP contribution in [0.5, 0.6) is 0 Å². The average Bonchev–Trinajstić information content (AvgIpc) is 2.49. The third-order valence-corrected chi connectivity index (χ3v) is 1.83. The number of aromatic amines is 1. The molecule has 78 valence electrons. The fourth-order valence-electron chi connectivity index (χ4n) is 1.31. The molecule has 0 amide bonds.